The van der Waals surface area contributed by atoms with Gasteiger partial charge in [-0.1, -0.05) is 41.9 Å². The van der Waals surface area contributed by atoms with Crippen molar-refractivity contribution in [3.8, 4) is 0 Å². The average Bonchev–Trinajstić information content (AvgIpc) is 2.48. The standard InChI is InChI=1S/C16H12ClNO3/c17-13-6-1-2-7-14(13)18-16(21)12-5-3-4-11(10-12)8-9-15(19)20/h1-10H,(H,18,21)(H,19,20)/p-1/b9-8+. The van der Waals surface area contributed by atoms with E-state index in [2.05, 4.69) is 5.32 Å². The Balaban J connectivity index is 2.18. The minimum atomic E-state index is -1.29. The number of halogens is 1. The number of aliphatic carboxylic acids is 1. The fraction of sp³-hybridized carbons (Fsp3) is 0. The van der Waals surface area contributed by atoms with Crippen molar-refractivity contribution in [1.29, 1.82) is 0 Å². The third kappa shape index (κ3) is 4.19. The molecule has 0 aliphatic heterocycles. The number of para-hydroxylation sites is 1. The molecular weight excluding hydrogens is 290 g/mol. The highest BCUT2D eigenvalue weighted by molar-refractivity contribution is 6.33. The first-order chi connectivity index (χ1) is 10.1. The molecule has 2 rings (SSSR count). The van der Waals surface area contributed by atoms with Crippen molar-refractivity contribution >= 4 is 35.2 Å². The Hall–Kier alpha value is -2.59. The van der Waals surface area contributed by atoms with Crippen LogP contribution in [-0.2, 0) is 4.79 Å². The number of anilines is 1. The van der Waals surface area contributed by atoms with E-state index in [0.29, 0.717) is 21.8 Å². The third-order valence-electron chi connectivity index (χ3n) is 2.68. The molecule has 21 heavy (non-hydrogen) atoms. The molecule has 1 amide bonds. The number of hydrogen-bond acceptors (Lipinski definition) is 3. The summed E-state index contributed by atoms with van der Waals surface area (Å²) in [7, 11) is 0. The Bertz CT molecular complexity index is 710. The van der Waals surface area contributed by atoms with Crippen LogP contribution in [0.25, 0.3) is 6.08 Å². The van der Waals surface area contributed by atoms with Gasteiger partial charge in [0.2, 0.25) is 0 Å². The zero-order chi connectivity index (χ0) is 15.2. The largest absolute Gasteiger partial charge is 0.545 e. The number of carboxylic acid groups (broad SMARTS) is 1. The molecule has 0 aliphatic rings. The zero-order valence-electron chi connectivity index (χ0n) is 10.9. The molecule has 0 saturated heterocycles. The lowest BCUT2D eigenvalue weighted by atomic mass is 10.1. The van der Waals surface area contributed by atoms with E-state index in [1.807, 2.05) is 0 Å². The fourth-order valence-corrected chi connectivity index (χ4v) is 1.89. The molecule has 0 spiro atoms. The summed E-state index contributed by atoms with van der Waals surface area (Å²) in [6, 6.07) is 13.5. The van der Waals surface area contributed by atoms with Crippen LogP contribution in [0.2, 0.25) is 5.02 Å². The SMILES string of the molecule is O=C([O-])/C=C/c1cccc(C(=O)Nc2ccccc2Cl)c1. The Morgan fingerprint density at radius 2 is 1.86 bits per heavy atom. The molecule has 0 heterocycles. The summed E-state index contributed by atoms with van der Waals surface area (Å²) in [5.74, 6) is -1.62. The van der Waals surface area contributed by atoms with Crippen molar-refractivity contribution in [3.05, 3.63) is 70.8 Å². The molecule has 5 heteroatoms. The molecule has 106 valence electrons. The van der Waals surface area contributed by atoms with Crippen LogP contribution >= 0.6 is 11.6 Å². The lowest BCUT2D eigenvalue weighted by Gasteiger charge is -2.07. The predicted octanol–water partition coefficient (Wildman–Crippen LogP) is 2.36. The molecule has 0 aromatic heterocycles. The molecule has 0 saturated carbocycles. The maximum absolute atomic E-state index is 12.1. The van der Waals surface area contributed by atoms with Crippen molar-refractivity contribution in [3.63, 3.8) is 0 Å². The van der Waals surface area contributed by atoms with Crippen LogP contribution in [0, 0.1) is 0 Å². The number of nitrogens with one attached hydrogen (secondary N) is 1. The Labute approximate surface area is 126 Å². The topological polar surface area (TPSA) is 69.2 Å². The van der Waals surface area contributed by atoms with Crippen LogP contribution in [0.4, 0.5) is 5.69 Å². The third-order valence-corrected chi connectivity index (χ3v) is 3.01. The minimum absolute atomic E-state index is 0.327. The summed E-state index contributed by atoms with van der Waals surface area (Å²) in [4.78, 5) is 22.5. The van der Waals surface area contributed by atoms with E-state index in [9.17, 15) is 14.7 Å². The smallest absolute Gasteiger partial charge is 0.255 e. The van der Waals surface area contributed by atoms with E-state index >= 15 is 0 Å². The number of hydrogen-bond donors (Lipinski definition) is 1. The van der Waals surface area contributed by atoms with Crippen LogP contribution in [0.15, 0.2) is 54.6 Å². The van der Waals surface area contributed by atoms with Gasteiger partial charge >= 0.3 is 0 Å². The molecule has 0 fully saturated rings. The second kappa shape index (κ2) is 6.72. The number of carbonyl (C=O) groups is 2. The van der Waals surface area contributed by atoms with Gasteiger partial charge in [0.1, 0.15) is 0 Å². The van der Waals surface area contributed by atoms with Crippen LogP contribution < -0.4 is 10.4 Å². The summed E-state index contributed by atoms with van der Waals surface area (Å²) >= 11 is 5.97. The minimum Gasteiger partial charge on any atom is -0.545 e. The number of carboxylic acids is 1. The van der Waals surface area contributed by atoms with Gasteiger partial charge in [-0.05, 0) is 35.9 Å². The number of benzene rings is 2. The number of rotatable bonds is 4. The number of amides is 1. The number of carbonyl (C=O) groups excluding carboxylic acids is 2. The summed E-state index contributed by atoms with van der Waals surface area (Å²) in [5, 5.41) is 13.5. The average molecular weight is 301 g/mol. The molecule has 1 N–H and O–H groups in total. The Kier molecular flexibility index (Phi) is 4.74. The van der Waals surface area contributed by atoms with E-state index in [-0.39, 0.29) is 5.91 Å². The van der Waals surface area contributed by atoms with Gasteiger partial charge in [0.25, 0.3) is 5.91 Å². The Morgan fingerprint density at radius 3 is 2.57 bits per heavy atom. The first-order valence-corrected chi connectivity index (χ1v) is 6.49. The lowest BCUT2D eigenvalue weighted by Crippen LogP contribution is -2.18. The van der Waals surface area contributed by atoms with Gasteiger partial charge in [-0.2, -0.15) is 0 Å². The van der Waals surface area contributed by atoms with Gasteiger partial charge in [0, 0.05) is 5.56 Å². The van der Waals surface area contributed by atoms with E-state index in [1.54, 1.807) is 48.5 Å². The first kappa shape index (κ1) is 14.8. The molecule has 2 aromatic rings. The van der Waals surface area contributed by atoms with Gasteiger partial charge in [-0.25, -0.2) is 0 Å². The second-order valence-electron chi connectivity index (χ2n) is 4.21. The second-order valence-corrected chi connectivity index (χ2v) is 4.62. The van der Waals surface area contributed by atoms with Gasteiger partial charge < -0.3 is 15.2 Å². The zero-order valence-corrected chi connectivity index (χ0v) is 11.6. The van der Waals surface area contributed by atoms with E-state index in [1.165, 1.54) is 6.08 Å². The van der Waals surface area contributed by atoms with Crippen LogP contribution in [0.3, 0.4) is 0 Å². The monoisotopic (exact) mass is 300 g/mol. The normalized spacial score (nSPS) is 10.5. The maximum Gasteiger partial charge on any atom is 0.255 e. The van der Waals surface area contributed by atoms with Crippen LogP contribution in [0.1, 0.15) is 15.9 Å². The highest BCUT2D eigenvalue weighted by Crippen LogP contribution is 2.21. The fourth-order valence-electron chi connectivity index (χ4n) is 1.70. The van der Waals surface area contributed by atoms with Crippen molar-refractivity contribution in [2.45, 2.75) is 0 Å². The predicted molar refractivity (Wildman–Crippen MR) is 79.9 cm³/mol. The molecule has 0 bridgehead atoms. The van der Waals surface area contributed by atoms with Gasteiger partial charge in [0.15, 0.2) is 0 Å². The summed E-state index contributed by atoms with van der Waals surface area (Å²) in [6.45, 7) is 0. The van der Waals surface area contributed by atoms with Crippen molar-refractivity contribution in [1.82, 2.24) is 0 Å². The quantitative estimate of drug-likeness (QED) is 0.881. The molecular formula is C16H11ClNO3-. The highest BCUT2D eigenvalue weighted by Gasteiger charge is 2.08. The molecule has 0 radical (unpaired) electrons. The summed E-state index contributed by atoms with van der Waals surface area (Å²) < 4.78 is 0. The van der Waals surface area contributed by atoms with Gasteiger partial charge in [0.05, 0.1) is 16.7 Å². The van der Waals surface area contributed by atoms with Crippen molar-refractivity contribution in [2.24, 2.45) is 0 Å². The maximum atomic E-state index is 12.1. The van der Waals surface area contributed by atoms with E-state index in [0.717, 1.165) is 6.08 Å². The summed E-state index contributed by atoms with van der Waals surface area (Å²) in [6.07, 6.45) is 2.27. The van der Waals surface area contributed by atoms with Crippen LogP contribution in [-0.4, -0.2) is 11.9 Å². The van der Waals surface area contributed by atoms with Crippen molar-refractivity contribution < 1.29 is 14.7 Å². The van der Waals surface area contributed by atoms with Gasteiger partial charge in [-0.15, -0.1) is 0 Å². The molecule has 4 nitrogen and oxygen atoms in total. The van der Waals surface area contributed by atoms with Gasteiger partial charge in [-0.3, -0.25) is 4.79 Å². The Morgan fingerprint density at radius 1 is 1.10 bits per heavy atom. The van der Waals surface area contributed by atoms with Crippen LogP contribution in [0.5, 0.6) is 0 Å². The van der Waals surface area contributed by atoms with Crippen molar-refractivity contribution in [2.75, 3.05) is 5.32 Å². The molecule has 2 aromatic carbocycles. The van der Waals surface area contributed by atoms with E-state index in [4.69, 9.17) is 11.6 Å². The molecule has 0 unspecified atom stereocenters. The van der Waals surface area contributed by atoms with E-state index < -0.39 is 5.97 Å². The lowest BCUT2D eigenvalue weighted by molar-refractivity contribution is -0.297. The molecule has 0 aliphatic carbocycles. The molecule has 0 atom stereocenters. The summed E-state index contributed by atoms with van der Waals surface area (Å²) in [5.41, 5.74) is 1.50. The highest BCUT2D eigenvalue weighted by atomic mass is 35.5. The first-order valence-electron chi connectivity index (χ1n) is 6.11.